The Balaban J connectivity index is 1.74. The van der Waals surface area contributed by atoms with E-state index in [4.69, 9.17) is 0 Å². The fraction of sp³-hybridized carbons (Fsp3) is 0.842. The third-order valence-electron chi connectivity index (χ3n) is 7.93. The van der Waals surface area contributed by atoms with Crippen LogP contribution in [0.4, 0.5) is 0 Å². The fourth-order valence-electron chi connectivity index (χ4n) is 6.50. The molecule has 3 saturated carbocycles. The predicted molar refractivity (Wildman–Crippen MR) is 84.1 cm³/mol. The van der Waals surface area contributed by atoms with E-state index in [2.05, 4.69) is 13.8 Å². The van der Waals surface area contributed by atoms with E-state index >= 15 is 0 Å². The smallest absolute Gasteiger partial charge is 0.155 e. The molecule has 3 nitrogen and oxygen atoms in total. The van der Waals surface area contributed by atoms with Crippen LogP contribution in [0.25, 0.3) is 0 Å². The summed E-state index contributed by atoms with van der Waals surface area (Å²) in [5.74, 6) is 1.44. The van der Waals surface area contributed by atoms with Gasteiger partial charge in [0.1, 0.15) is 0 Å². The number of hydrogen-bond acceptors (Lipinski definition) is 3. The van der Waals surface area contributed by atoms with Gasteiger partial charge < -0.3 is 10.2 Å². The van der Waals surface area contributed by atoms with Gasteiger partial charge in [0.2, 0.25) is 0 Å². The lowest BCUT2D eigenvalue weighted by atomic mass is 9.46. The number of carbonyl (C=O) groups is 1. The highest BCUT2D eigenvalue weighted by atomic mass is 16.3. The monoisotopic (exact) mass is 304 g/mol. The highest BCUT2D eigenvalue weighted by molar-refractivity contribution is 5.91. The lowest BCUT2D eigenvalue weighted by Crippen LogP contribution is -2.55. The van der Waals surface area contributed by atoms with Crippen molar-refractivity contribution in [2.75, 3.05) is 0 Å². The third-order valence-corrected chi connectivity index (χ3v) is 7.93. The molecule has 0 heterocycles. The maximum atomic E-state index is 11.8. The summed E-state index contributed by atoms with van der Waals surface area (Å²) >= 11 is 0. The number of aliphatic hydroxyl groups excluding tert-OH is 2. The van der Waals surface area contributed by atoms with Gasteiger partial charge >= 0.3 is 0 Å². The topological polar surface area (TPSA) is 57.5 Å². The van der Waals surface area contributed by atoms with Gasteiger partial charge in [-0.1, -0.05) is 19.4 Å². The second-order valence-electron chi connectivity index (χ2n) is 8.75. The highest BCUT2D eigenvalue weighted by Crippen LogP contribution is 2.65. The number of ketones is 1. The number of rotatable bonds is 0. The van der Waals surface area contributed by atoms with E-state index in [9.17, 15) is 15.0 Å². The molecule has 4 aliphatic carbocycles. The summed E-state index contributed by atoms with van der Waals surface area (Å²) in [5.41, 5.74) is 1.27. The quantitative estimate of drug-likeness (QED) is 0.723. The normalized spacial score (nSPS) is 54.3. The minimum absolute atomic E-state index is 0.00971. The molecule has 122 valence electrons. The first-order valence-corrected chi connectivity index (χ1v) is 8.96. The zero-order valence-corrected chi connectivity index (χ0v) is 13.7. The van der Waals surface area contributed by atoms with E-state index in [0.717, 1.165) is 32.1 Å². The molecule has 3 fully saturated rings. The van der Waals surface area contributed by atoms with E-state index in [1.54, 1.807) is 0 Å². The molecule has 2 N–H and O–H groups in total. The molecule has 0 aromatic carbocycles. The predicted octanol–water partition coefficient (Wildman–Crippen LogP) is 2.85. The highest BCUT2D eigenvalue weighted by Gasteiger charge is 2.61. The van der Waals surface area contributed by atoms with E-state index < -0.39 is 0 Å². The van der Waals surface area contributed by atoms with Gasteiger partial charge in [-0.15, -0.1) is 0 Å². The minimum atomic E-state index is -0.342. The van der Waals surface area contributed by atoms with E-state index in [0.29, 0.717) is 30.6 Å². The van der Waals surface area contributed by atoms with Crippen molar-refractivity contribution in [2.45, 2.75) is 71.0 Å². The summed E-state index contributed by atoms with van der Waals surface area (Å²) in [7, 11) is 0. The van der Waals surface area contributed by atoms with Crippen LogP contribution in [-0.4, -0.2) is 28.2 Å². The Labute approximate surface area is 132 Å². The molecule has 0 bridgehead atoms. The summed E-state index contributed by atoms with van der Waals surface area (Å²) in [6.45, 7) is 4.55. The molecular formula is C19H28O3. The molecule has 0 aromatic heterocycles. The fourth-order valence-corrected chi connectivity index (χ4v) is 6.50. The molecule has 0 aliphatic heterocycles. The molecule has 0 radical (unpaired) electrons. The Morgan fingerprint density at radius 2 is 1.86 bits per heavy atom. The van der Waals surface area contributed by atoms with Crippen LogP contribution in [0.3, 0.4) is 0 Å². The van der Waals surface area contributed by atoms with Crippen molar-refractivity contribution >= 4 is 5.78 Å². The first-order valence-electron chi connectivity index (χ1n) is 8.96. The first-order chi connectivity index (χ1) is 10.4. The van der Waals surface area contributed by atoms with Crippen LogP contribution in [-0.2, 0) is 4.79 Å². The molecule has 3 heteroatoms. The van der Waals surface area contributed by atoms with Gasteiger partial charge in [-0.05, 0) is 73.2 Å². The average Bonchev–Trinajstić information content (AvgIpc) is 2.77. The maximum Gasteiger partial charge on any atom is 0.155 e. The molecule has 4 rings (SSSR count). The summed E-state index contributed by atoms with van der Waals surface area (Å²) < 4.78 is 0. The van der Waals surface area contributed by atoms with Crippen molar-refractivity contribution in [3.8, 4) is 0 Å². The van der Waals surface area contributed by atoms with E-state index in [1.165, 1.54) is 5.57 Å². The SMILES string of the molecule is C[C@]12CC[C@H]3[C@@H]([C@@H](O)CC4=CC(=O)CC[C@@]43C)[C@@H]1CC[C@H]2O. The molecule has 4 aliphatic rings. The zero-order chi connectivity index (χ0) is 15.7. The molecular weight excluding hydrogens is 276 g/mol. The third kappa shape index (κ3) is 1.78. The molecule has 0 saturated heterocycles. The average molecular weight is 304 g/mol. The zero-order valence-electron chi connectivity index (χ0n) is 13.7. The van der Waals surface area contributed by atoms with Crippen molar-refractivity contribution < 1.29 is 15.0 Å². The van der Waals surface area contributed by atoms with Crippen LogP contribution in [0.5, 0.6) is 0 Å². The second-order valence-corrected chi connectivity index (χ2v) is 8.75. The van der Waals surface area contributed by atoms with Gasteiger partial charge in [0.25, 0.3) is 0 Å². The summed E-state index contributed by atoms with van der Waals surface area (Å²) in [6, 6.07) is 0. The molecule has 7 atom stereocenters. The van der Waals surface area contributed by atoms with E-state index in [1.807, 2.05) is 6.08 Å². The molecule has 0 spiro atoms. The summed E-state index contributed by atoms with van der Waals surface area (Å²) in [4.78, 5) is 11.8. The van der Waals surface area contributed by atoms with Gasteiger partial charge in [-0.3, -0.25) is 4.79 Å². The van der Waals surface area contributed by atoms with Crippen molar-refractivity contribution in [1.29, 1.82) is 0 Å². The van der Waals surface area contributed by atoms with Crippen LogP contribution in [0, 0.1) is 28.6 Å². The van der Waals surface area contributed by atoms with Gasteiger partial charge in [0, 0.05) is 6.42 Å². The van der Waals surface area contributed by atoms with Crippen LogP contribution in [0.2, 0.25) is 0 Å². The Morgan fingerprint density at radius 3 is 2.64 bits per heavy atom. The Morgan fingerprint density at radius 1 is 1.09 bits per heavy atom. The van der Waals surface area contributed by atoms with Crippen LogP contribution < -0.4 is 0 Å². The number of carbonyl (C=O) groups excluding carboxylic acids is 1. The number of hydrogen-bond donors (Lipinski definition) is 2. The van der Waals surface area contributed by atoms with Crippen LogP contribution in [0.1, 0.15) is 58.8 Å². The summed E-state index contributed by atoms with van der Waals surface area (Å²) in [5, 5.41) is 21.3. The Bertz CT molecular complexity index is 539. The number of fused-ring (bicyclic) bond motifs is 5. The van der Waals surface area contributed by atoms with Crippen molar-refractivity contribution in [1.82, 2.24) is 0 Å². The second kappa shape index (κ2) is 4.67. The number of aliphatic hydroxyl groups is 2. The van der Waals surface area contributed by atoms with Crippen LogP contribution in [0.15, 0.2) is 11.6 Å². The standard InChI is InChI=1S/C19H28O3/c1-18-7-5-12(20)9-11(18)10-15(21)17-13-3-4-16(22)19(13,2)8-6-14(17)18/h9,13-17,21-22H,3-8,10H2,1-2H3/t13-,14-,15-,16+,17-,18-,19-/m0/s1. The van der Waals surface area contributed by atoms with Crippen molar-refractivity contribution in [3.63, 3.8) is 0 Å². The summed E-state index contributed by atoms with van der Waals surface area (Å²) in [6.07, 6.45) is 7.61. The molecule has 0 unspecified atom stereocenters. The van der Waals surface area contributed by atoms with Crippen LogP contribution >= 0.6 is 0 Å². The molecule has 22 heavy (non-hydrogen) atoms. The first kappa shape index (κ1) is 14.9. The molecule has 0 aromatic rings. The molecule has 0 amide bonds. The van der Waals surface area contributed by atoms with Gasteiger partial charge in [0.05, 0.1) is 12.2 Å². The van der Waals surface area contributed by atoms with Crippen molar-refractivity contribution in [2.24, 2.45) is 28.6 Å². The Kier molecular flexibility index (Phi) is 3.16. The van der Waals surface area contributed by atoms with Gasteiger partial charge in [-0.2, -0.15) is 0 Å². The van der Waals surface area contributed by atoms with Gasteiger partial charge in [-0.25, -0.2) is 0 Å². The largest absolute Gasteiger partial charge is 0.393 e. The van der Waals surface area contributed by atoms with Gasteiger partial charge in [0.15, 0.2) is 5.78 Å². The van der Waals surface area contributed by atoms with E-state index in [-0.39, 0.29) is 28.8 Å². The van der Waals surface area contributed by atoms with Crippen molar-refractivity contribution in [3.05, 3.63) is 11.6 Å². The Hall–Kier alpha value is -0.670. The lowest BCUT2D eigenvalue weighted by molar-refractivity contribution is -0.127. The lowest BCUT2D eigenvalue weighted by Gasteiger charge is -2.59. The maximum absolute atomic E-state index is 11.8. The minimum Gasteiger partial charge on any atom is -0.393 e.